The highest BCUT2D eigenvalue weighted by atomic mass is 19.1. The molecule has 1 aromatic heterocycles. The molecule has 0 unspecified atom stereocenters. The summed E-state index contributed by atoms with van der Waals surface area (Å²) in [7, 11) is 0. The van der Waals surface area contributed by atoms with E-state index < -0.39 is 0 Å². The molecule has 8 heteroatoms. The van der Waals surface area contributed by atoms with Gasteiger partial charge in [0.2, 0.25) is 11.7 Å². The average molecular weight is 416 g/mol. The van der Waals surface area contributed by atoms with Crippen molar-refractivity contribution in [1.29, 1.82) is 0 Å². The summed E-state index contributed by atoms with van der Waals surface area (Å²) in [6.07, 6.45) is 0. The number of anilines is 2. The van der Waals surface area contributed by atoms with Crippen molar-refractivity contribution in [2.24, 2.45) is 0 Å². The fraction of sp³-hybridized carbons (Fsp3) is 0.0435. The van der Waals surface area contributed by atoms with Gasteiger partial charge < -0.3 is 15.2 Å². The Balaban J connectivity index is 1.56. The first-order chi connectivity index (χ1) is 15.0. The van der Waals surface area contributed by atoms with Crippen LogP contribution in [0.5, 0.6) is 0 Å². The van der Waals surface area contributed by atoms with Crippen LogP contribution in [0.3, 0.4) is 0 Å². The lowest BCUT2D eigenvalue weighted by Gasteiger charge is -2.09. The molecule has 3 aromatic carbocycles. The highest BCUT2D eigenvalue weighted by Crippen LogP contribution is 2.26. The van der Waals surface area contributed by atoms with Gasteiger partial charge in [-0.25, -0.2) is 4.39 Å². The van der Waals surface area contributed by atoms with E-state index in [1.54, 1.807) is 60.7 Å². The third-order valence-electron chi connectivity index (χ3n) is 4.39. The van der Waals surface area contributed by atoms with Crippen LogP contribution in [0.4, 0.5) is 15.8 Å². The lowest BCUT2D eigenvalue weighted by molar-refractivity contribution is -0.114. The van der Waals surface area contributed by atoms with E-state index in [0.29, 0.717) is 33.9 Å². The van der Waals surface area contributed by atoms with Gasteiger partial charge in [-0.15, -0.1) is 0 Å². The molecule has 0 radical (unpaired) electrons. The smallest absolute Gasteiger partial charge is 0.259 e. The molecule has 0 aliphatic rings. The van der Waals surface area contributed by atoms with Gasteiger partial charge in [-0.05, 0) is 60.7 Å². The molecule has 0 spiro atoms. The van der Waals surface area contributed by atoms with Crippen molar-refractivity contribution in [3.63, 3.8) is 0 Å². The van der Waals surface area contributed by atoms with Gasteiger partial charge in [-0.2, -0.15) is 4.98 Å². The van der Waals surface area contributed by atoms with Crippen LogP contribution in [0.25, 0.3) is 22.8 Å². The van der Waals surface area contributed by atoms with Gasteiger partial charge in [0, 0.05) is 23.9 Å². The molecule has 4 aromatic rings. The van der Waals surface area contributed by atoms with E-state index in [-0.39, 0.29) is 23.5 Å². The number of carbonyl (C=O) groups excluding carboxylic acids is 2. The summed E-state index contributed by atoms with van der Waals surface area (Å²) in [6, 6.07) is 19.3. The molecular formula is C23H17FN4O3. The summed E-state index contributed by atoms with van der Waals surface area (Å²) in [4.78, 5) is 28.3. The number of hydrogen-bond acceptors (Lipinski definition) is 5. The number of halogens is 1. The molecule has 0 saturated carbocycles. The molecule has 0 atom stereocenters. The Labute approximate surface area is 176 Å². The zero-order chi connectivity index (χ0) is 21.8. The first-order valence-electron chi connectivity index (χ1n) is 9.37. The van der Waals surface area contributed by atoms with Crippen molar-refractivity contribution in [1.82, 2.24) is 10.1 Å². The normalized spacial score (nSPS) is 10.5. The molecule has 0 bridgehead atoms. The van der Waals surface area contributed by atoms with Crippen LogP contribution < -0.4 is 10.6 Å². The second-order valence-corrected chi connectivity index (χ2v) is 6.69. The molecule has 0 aliphatic carbocycles. The maximum Gasteiger partial charge on any atom is 0.259 e. The van der Waals surface area contributed by atoms with Crippen molar-refractivity contribution >= 4 is 23.2 Å². The van der Waals surface area contributed by atoms with Gasteiger partial charge in [-0.1, -0.05) is 17.3 Å². The molecular weight excluding hydrogens is 399 g/mol. The van der Waals surface area contributed by atoms with Crippen molar-refractivity contribution in [3.05, 3.63) is 84.2 Å². The third kappa shape index (κ3) is 4.64. The minimum Gasteiger partial charge on any atom is -0.334 e. The largest absolute Gasteiger partial charge is 0.334 e. The van der Waals surface area contributed by atoms with Gasteiger partial charge in [0.15, 0.2) is 0 Å². The molecule has 154 valence electrons. The number of benzene rings is 3. The zero-order valence-corrected chi connectivity index (χ0v) is 16.4. The zero-order valence-electron chi connectivity index (χ0n) is 16.4. The average Bonchev–Trinajstić information content (AvgIpc) is 3.25. The second kappa shape index (κ2) is 8.58. The summed E-state index contributed by atoms with van der Waals surface area (Å²) in [5.74, 6) is -0.431. The van der Waals surface area contributed by atoms with Gasteiger partial charge in [-0.3, -0.25) is 9.59 Å². The quantitative estimate of drug-likeness (QED) is 0.489. The van der Waals surface area contributed by atoms with Crippen molar-refractivity contribution in [3.8, 4) is 22.8 Å². The Morgan fingerprint density at radius 1 is 0.871 bits per heavy atom. The summed E-state index contributed by atoms with van der Waals surface area (Å²) in [5.41, 5.74) is 2.60. The molecule has 4 rings (SSSR count). The number of aromatic nitrogens is 2. The molecule has 31 heavy (non-hydrogen) atoms. The van der Waals surface area contributed by atoms with Crippen molar-refractivity contribution in [2.75, 3.05) is 10.6 Å². The van der Waals surface area contributed by atoms with E-state index in [9.17, 15) is 14.0 Å². The summed E-state index contributed by atoms with van der Waals surface area (Å²) < 4.78 is 18.5. The Morgan fingerprint density at radius 3 is 2.19 bits per heavy atom. The molecule has 0 saturated heterocycles. The van der Waals surface area contributed by atoms with Gasteiger partial charge in [0.25, 0.3) is 11.8 Å². The predicted octanol–water partition coefficient (Wildman–Crippen LogP) is 4.75. The van der Waals surface area contributed by atoms with Gasteiger partial charge in [0.05, 0.1) is 11.1 Å². The number of nitrogens with one attached hydrogen (secondary N) is 2. The van der Waals surface area contributed by atoms with E-state index in [0.717, 1.165) is 0 Å². The highest BCUT2D eigenvalue weighted by Gasteiger charge is 2.18. The van der Waals surface area contributed by atoms with Crippen LogP contribution >= 0.6 is 0 Å². The Kier molecular flexibility index (Phi) is 5.53. The van der Waals surface area contributed by atoms with Crippen LogP contribution in [0, 0.1) is 5.82 Å². The van der Waals surface area contributed by atoms with E-state index in [4.69, 9.17) is 4.52 Å². The van der Waals surface area contributed by atoms with E-state index in [2.05, 4.69) is 20.8 Å². The number of amides is 2. The summed E-state index contributed by atoms with van der Waals surface area (Å²) in [6.45, 7) is 1.42. The maximum absolute atomic E-state index is 13.1. The summed E-state index contributed by atoms with van der Waals surface area (Å²) in [5, 5.41) is 9.41. The highest BCUT2D eigenvalue weighted by molar-refractivity contribution is 6.08. The first-order valence-corrected chi connectivity index (χ1v) is 9.37. The standard InChI is InChI=1S/C23H17FN4O3/c1-14(29)25-17-10-12-18(13-11-17)26-22(30)19-4-2-3-5-20(19)23-27-21(28-31-23)15-6-8-16(24)9-7-15/h2-13H,1H3,(H,25,29)(H,26,30). The van der Waals surface area contributed by atoms with E-state index in [1.165, 1.54) is 19.1 Å². The number of carbonyl (C=O) groups is 2. The van der Waals surface area contributed by atoms with Crippen LogP contribution in [0.15, 0.2) is 77.3 Å². The van der Waals surface area contributed by atoms with Crippen molar-refractivity contribution < 1.29 is 18.5 Å². The Bertz CT molecular complexity index is 1230. The first kappa shape index (κ1) is 20.0. The number of rotatable bonds is 5. The predicted molar refractivity (Wildman–Crippen MR) is 114 cm³/mol. The minimum atomic E-state index is -0.361. The number of hydrogen-bond donors (Lipinski definition) is 2. The molecule has 0 fully saturated rings. The van der Waals surface area contributed by atoms with Crippen molar-refractivity contribution in [2.45, 2.75) is 6.92 Å². The van der Waals surface area contributed by atoms with E-state index >= 15 is 0 Å². The lowest BCUT2D eigenvalue weighted by Crippen LogP contribution is -2.13. The maximum atomic E-state index is 13.1. The molecule has 7 nitrogen and oxygen atoms in total. The lowest BCUT2D eigenvalue weighted by atomic mass is 10.1. The summed E-state index contributed by atoms with van der Waals surface area (Å²) >= 11 is 0. The Morgan fingerprint density at radius 2 is 1.52 bits per heavy atom. The molecule has 1 heterocycles. The van der Waals surface area contributed by atoms with E-state index in [1.807, 2.05) is 0 Å². The number of nitrogens with zero attached hydrogens (tertiary/aromatic N) is 2. The Hall–Kier alpha value is -4.33. The minimum absolute atomic E-state index is 0.172. The second-order valence-electron chi connectivity index (χ2n) is 6.69. The fourth-order valence-corrected chi connectivity index (χ4v) is 2.96. The van der Waals surface area contributed by atoms with Crippen LogP contribution in [0.2, 0.25) is 0 Å². The molecule has 2 N–H and O–H groups in total. The van der Waals surface area contributed by atoms with Gasteiger partial charge in [0.1, 0.15) is 5.82 Å². The molecule has 0 aliphatic heterocycles. The monoisotopic (exact) mass is 416 g/mol. The third-order valence-corrected chi connectivity index (χ3v) is 4.39. The van der Waals surface area contributed by atoms with Crippen LogP contribution in [-0.4, -0.2) is 22.0 Å². The fourth-order valence-electron chi connectivity index (χ4n) is 2.96. The van der Waals surface area contributed by atoms with Gasteiger partial charge >= 0.3 is 0 Å². The molecule has 2 amide bonds. The van der Waals surface area contributed by atoms with Crippen LogP contribution in [-0.2, 0) is 4.79 Å². The van der Waals surface area contributed by atoms with Crippen LogP contribution in [0.1, 0.15) is 17.3 Å². The SMILES string of the molecule is CC(=O)Nc1ccc(NC(=O)c2ccccc2-c2nc(-c3ccc(F)cc3)no2)cc1. The topological polar surface area (TPSA) is 97.1 Å².